The molecule has 1 amide bonds. The maximum Gasteiger partial charge on any atom is 0.471 e. The third kappa shape index (κ3) is 4.30. The highest BCUT2D eigenvalue weighted by molar-refractivity contribution is 6.01. The van der Waals surface area contributed by atoms with Crippen molar-refractivity contribution in [1.29, 1.82) is 0 Å². The number of ketones is 1. The second-order valence-electron chi connectivity index (χ2n) is 4.31. The van der Waals surface area contributed by atoms with Gasteiger partial charge < -0.3 is 10.4 Å². The van der Waals surface area contributed by atoms with E-state index in [1.165, 1.54) is 29.6 Å². The third-order valence-electron chi connectivity index (χ3n) is 2.78. The standard InChI is InChI=1S/C13H12F3NO4/c1-7(10(18)8-5-3-2-4-6-8)9(11(19)20)17-12(21)13(14,15)16/h2-7,9H,1H3,(H,17,21)(H,19,20)/t7-,9+/m1/s1. The minimum atomic E-state index is -5.22. The SMILES string of the molecule is C[C@@H](C(=O)c1ccccc1)[C@H](NC(=O)C(F)(F)F)C(=O)O. The van der Waals surface area contributed by atoms with E-state index < -0.39 is 35.8 Å². The number of aliphatic carboxylic acids is 1. The lowest BCUT2D eigenvalue weighted by Gasteiger charge is -2.21. The molecule has 1 aromatic carbocycles. The van der Waals surface area contributed by atoms with Gasteiger partial charge in [-0.3, -0.25) is 9.59 Å². The van der Waals surface area contributed by atoms with Crippen LogP contribution in [-0.4, -0.2) is 35.0 Å². The fraction of sp³-hybridized carbons (Fsp3) is 0.308. The smallest absolute Gasteiger partial charge is 0.471 e. The first-order chi connectivity index (χ1) is 9.64. The van der Waals surface area contributed by atoms with Gasteiger partial charge in [0.05, 0.1) is 5.92 Å². The highest BCUT2D eigenvalue weighted by Gasteiger charge is 2.43. The van der Waals surface area contributed by atoms with Crippen LogP contribution in [0.2, 0.25) is 0 Å². The number of carboxylic acid groups (broad SMARTS) is 1. The summed E-state index contributed by atoms with van der Waals surface area (Å²) in [4.78, 5) is 33.9. The Kier molecular flexibility index (Phi) is 5.07. The van der Waals surface area contributed by atoms with Crippen molar-refractivity contribution in [2.75, 3.05) is 0 Å². The zero-order chi connectivity index (χ0) is 16.2. The highest BCUT2D eigenvalue weighted by atomic mass is 19.4. The first kappa shape index (κ1) is 16.7. The first-order valence-electron chi connectivity index (χ1n) is 5.84. The molecule has 21 heavy (non-hydrogen) atoms. The van der Waals surface area contributed by atoms with E-state index in [-0.39, 0.29) is 5.56 Å². The van der Waals surface area contributed by atoms with E-state index >= 15 is 0 Å². The van der Waals surface area contributed by atoms with Crippen LogP contribution in [0, 0.1) is 5.92 Å². The number of alkyl halides is 3. The minimum Gasteiger partial charge on any atom is -0.480 e. The molecule has 0 bridgehead atoms. The van der Waals surface area contributed by atoms with Crippen molar-refractivity contribution in [1.82, 2.24) is 5.32 Å². The summed E-state index contributed by atoms with van der Waals surface area (Å²) < 4.78 is 36.5. The molecule has 0 fully saturated rings. The molecule has 0 aliphatic carbocycles. The Morgan fingerprint density at radius 2 is 1.67 bits per heavy atom. The average molecular weight is 303 g/mol. The van der Waals surface area contributed by atoms with Crippen LogP contribution in [0.25, 0.3) is 0 Å². The Bertz CT molecular complexity index is 542. The Hall–Kier alpha value is -2.38. The molecule has 0 saturated carbocycles. The van der Waals surface area contributed by atoms with E-state index in [4.69, 9.17) is 5.11 Å². The summed E-state index contributed by atoms with van der Waals surface area (Å²) >= 11 is 0. The van der Waals surface area contributed by atoms with Crippen LogP contribution in [0.3, 0.4) is 0 Å². The Morgan fingerprint density at radius 1 is 1.14 bits per heavy atom. The van der Waals surface area contributed by atoms with Crippen LogP contribution < -0.4 is 5.32 Å². The van der Waals surface area contributed by atoms with Gasteiger partial charge in [0.2, 0.25) is 0 Å². The lowest BCUT2D eigenvalue weighted by Crippen LogP contribution is -2.51. The monoisotopic (exact) mass is 303 g/mol. The Labute approximate surface area is 117 Å². The van der Waals surface area contributed by atoms with Gasteiger partial charge in [-0.1, -0.05) is 37.3 Å². The molecule has 1 rings (SSSR count). The summed E-state index contributed by atoms with van der Waals surface area (Å²) in [7, 11) is 0. The number of hydrogen-bond donors (Lipinski definition) is 2. The molecule has 0 radical (unpaired) electrons. The van der Waals surface area contributed by atoms with Crippen molar-refractivity contribution < 1.29 is 32.7 Å². The van der Waals surface area contributed by atoms with Gasteiger partial charge in [0.15, 0.2) is 5.78 Å². The van der Waals surface area contributed by atoms with E-state index in [9.17, 15) is 27.6 Å². The number of amides is 1. The predicted molar refractivity (Wildman–Crippen MR) is 65.6 cm³/mol. The van der Waals surface area contributed by atoms with Gasteiger partial charge in [0.1, 0.15) is 6.04 Å². The van der Waals surface area contributed by atoms with E-state index in [1.807, 2.05) is 0 Å². The van der Waals surface area contributed by atoms with Gasteiger partial charge in [0, 0.05) is 5.56 Å². The number of carbonyl (C=O) groups is 3. The molecule has 0 aliphatic heterocycles. The number of benzene rings is 1. The van der Waals surface area contributed by atoms with Crippen molar-refractivity contribution in [2.45, 2.75) is 19.1 Å². The normalized spacial score (nSPS) is 14.1. The summed E-state index contributed by atoms with van der Waals surface area (Å²) in [6, 6.07) is 5.54. The molecule has 2 N–H and O–H groups in total. The van der Waals surface area contributed by atoms with E-state index in [0.29, 0.717) is 0 Å². The second kappa shape index (κ2) is 6.38. The van der Waals surface area contributed by atoms with Gasteiger partial charge in [0.25, 0.3) is 0 Å². The lowest BCUT2D eigenvalue weighted by molar-refractivity contribution is -0.175. The molecule has 8 heteroatoms. The fourth-order valence-corrected chi connectivity index (χ4v) is 1.64. The third-order valence-corrected chi connectivity index (χ3v) is 2.78. The summed E-state index contributed by atoms with van der Waals surface area (Å²) in [5.74, 6) is -6.14. The molecule has 5 nitrogen and oxygen atoms in total. The number of Topliss-reactive ketones (excluding diaryl/α,β-unsaturated/α-hetero) is 1. The molecule has 1 aromatic rings. The van der Waals surface area contributed by atoms with E-state index in [0.717, 1.165) is 6.92 Å². The van der Waals surface area contributed by atoms with Gasteiger partial charge in [-0.2, -0.15) is 13.2 Å². The molecular formula is C13H12F3NO4. The Balaban J connectivity index is 2.93. The quantitative estimate of drug-likeness (QED) is 0.810. The van der Waals surface area contributed by atoms with Crippen LogP contribution >= 0.6 is 0 Å². The molecule has 0 aromatic heterocycles. The molecule has 0 unspecified atom stereocenters. The zero-order valence-corrected chi connectivity index (χ0v) is 10.8. The zero-order valence-electron chi connectivity index (χ0n) is 10.8. The predicted octanol–water partition coefficient (Wildman–Crippen LogP) is 1.64. The van der Waals surface area contributed by atoms with Crippen LogP contribution in [0.15, 0.2) is 30.3 Å². The highest BCUT2D eigenvalue weighted by Crippen LogP contribution is 2.17. The number of hydrogen-bond acceptors (Lipinski definition) is 3. The maximum absolute atomic E-state index is 12.2. The van der Waals surface area contributed by atoms with Gasteiger partial charge in [-0.15, -0.1) is 0 Å². The van der Waals surface area contributed by atoms with Gasteiger partial charge in [-0.05, 0) is 0 Å². The van der Waals surface area contributed by atoms with Crippen LogP contribution in [0.1, 0.15) is 17.3 Å². The van der Waals surface area contributed by atoms with Gasteiger partial charge >= 0.3 is 18.1 Å². The summed E-state index contributed by atoms with van der Waals surface area (Å²) in [6.07, 6.45) is -5.22. The molecule has 0 spiro atoms. The van der Waals surface area contributed by atoms with Crippen LogP contribution in [-0.2, 0) is 9.59 Å². The number of carboxylic acids is 1. The number of rotatable bonds is 5. The first-order valence-corrected chi connectivity index (χ1v) is 5.84. The number of halogens is 3. The van der Waals surface area contributed by atoms with Crippen molar-refractivity contribution in [3.8, 4) is 0 Å². The molecular weight excluding hydrogens is 291 g/mol. The van der Waals surface area contributed by atoms with Crippen LogP contribution in [0.5, 0.6) is 0 Å². The molecule has 0 aliphatic rings. The van der Waals surface area contributed by atoms with Crippen molar-refractivity contribution in [3.05, 3.63) is 35.9 Å². The van der Waals surface area contributed by atoms with Crippen LogP contribution in [0.4, 0.5) is 13.2 Å². The summed E-state index contributed by atoms with van der Waals surface area (Å²) in [6.45, 7) is 1.14. The summed E-state index contributed by atoms with van der Waals surface area (Å²) in [5.41, 5.74) is 0.150. The second-order valence-corrected chi connectivity index (χ2v) is 4.31. The average Bonchev–Trinajstić information content (AvgIpc) is 2.42. The van der Waals surface area contributed by atoms with Crippen molar-refractivity contribution in [3.63, 3.8) is 0 Å². The largest absolute Gasteiger partial charge is 0.480 e. The Morgan fingerprint density at radius 3 is 2.10 bits per heavy atom. The fourth-order valence-electron chi connectivity index (χ4n) is 1.64. The molecule has 0 saturated heterocycles. The van der Waals surface area contributed by atoms with E-state index in [2.05, 4.69) is 0 Å². The molecule has 114 valence electrons. The number of carbonyl (C=O) groups excluding carboxylic acids is 2. The van der Waals surface area contributed by atoms with Crippen molar-refractivity contribution >= 4 is 17.7 Å². The summed E-state index contributed by atoms with van der Waals surface area (Å²) in [5, 5.41) is 10.2. The van der Waals surface area contributed by atoms with Gasteiger partial charge in [-0.25, -0.2) is 4.79 Å². The number of nitrogens with one attached hydrogen (secondary N) is 1. The molecule has 0 heterocycles. The lowest BCUT2D eigenvalue weighted by atomic mass is 9.92. The van der Waals surface area contributed by atoms with E-state index in [1.54, 1.807) is 6.07 Å². The minimum absolute atomic E-state index is 0.150. The topological polar surface area (TPSA) is 83.5 Å². The molecule has 2 atom stereocenters. The van der Waals surface area contributed by atoms with Crippen molar-refractivity contribution in [2.24, 2.45) is 5.92 Å². The maximum atomic E-state index is 12.2.